The third-order valence-electron chi connectivity index (χ3n) is 5.49. The van der Waals surface area contributed by atoms with E-state index in [1.54, 1.807) is 0 Å². The molecule has 1 saturated heterocycles. The number of halogens is 6. The summed E-state index contributed by atoms with van der Waals surface area (Å²) in [7, 11) is 0. The summed E-state index contributed by atoms with van der Waals surface area (Å²) >= 11 is -7.21. The number of benzene rings is 3. The summed E-state index contributed by atoms with van der Waals surface area (Å²) in [6.45, 7) is 0. The van der Waals surface area contributed by atoms with Gasteiger partial charge in [-0.05, 0) is 0 Å². The molecule has 0 aliphatic carbocycles. The van der Waals surface area contributed by atoms with Crippen LogP contribution >= 0.6 is 0 Å². The van der Waals surface area contributed by atoms with Gasteiger partial charge in [-0.2, -0.15) is 0 Å². The van der Waals surface area contributed by atoms with Gasteiger partial charge in [0.25, 0.3) is 0 Å². The van der Waals surface area contributed by atoms with Crippen LogP contribution in [0.5, 0.6) is 0 Å². The molecule has 3 aromatic rings. The molecule has 1 fully saturated rings. The Kier molecular flexibility index (Phi) is 5.55. The van der Waals surface area contributed by atoms with E-state index in [2.05, 4.69) is 0 Å². The Morgan fingerprint density at radius 3 is 1.03 bits per heavy atom. The van der Waals surface area contributed by atoms with Gasteiger partial charge in [-0.15, -0.1) is 0 Å². The Hall–Kier alpha value is -2.94. The molecule has 0 aromatic heterocycles. The van der Waals surface area contributed by atoms with Crippen molar-refractivity contribution in [1.29, 1.82) is 0 Å². The van der Waals surface area contributed by atoms with Crippen LogP contribution in [0.25, 0.3) is 0 Å². The summed E-state index contributed by atoms with van der Waals surface area (Å²) < 4.78 is 97.2. The van der Waals surface area contributed by atoms with Crippen LogP contribution in [-0.4, -0.2) is 49.4 Å². The van der Waals surface area contributed by atoms with Crippen molar-refractivity contribution < 1.29 is 41.6 Å². The first-order chi connectivity index (χ1) is 15.9. The van der Waals surface area contributed by atoms with E-state index in [-0.39, 0.29) is 9.81 Å². The molecule has 0 spiro atoms. The van der Waals surface area contributed by atoms with Crippen molar-refractivity contribution in [3.63, 3.8) is 0 Å². The number of alkyl halides is 6. The normalized spacial score (nSPS) is 23.2. The molecule has 0 unspecified atom stereocenters. The molecule has 0 saturated carbocycles. The van der Waals surface area contributed by atoms with E-state index in [4.69, 9.17) is 5.63 Å². The zero-order chi connectivity index (χ0) is 24.9. The Labute approximate surface area is 191 Å². The minimum atomic E-state index is -7.21. The minimum absolute atomic E-state index is 0.163. The molecule has 0 atom stereocenters. The predicted molar refractivity (Wildman–Crippen MR) is 111 cm³/mol. The van der Waals surface area contributed by atoms with Gasteiger partial charge >= 0.3 is 192 Å². The second-order valence-electron chi connectivity index (χ2n) is 7.44. The summed E-state index contributed by atoms with van der Waals surface area (Å²) in [6, 6.07) is 20.3. The topological polar surface area (TPSA) is 52.6 Å². The van der Waals surface area contributed by atoms with Crippen LogP contribution in [0, 0.1) is 0 Å². The summed E-state index contributed by atoms with van der Waals surface area (Å²) in [4.78, 5) is 25.4. The summed E-state index contributed by atoms with van der Waals surface area (Å²) in [5.41, 5.74) is 0. The van der Waals surface area contributed by atoms with E-state index >= 15 is 0 Å². The maximum atomic E-state index is 14.7. The number of carbonyl (C=O) groups is 2. The van der Waals surface area contributed by atoms with Gasteiger partial charge in [-0.25, -0.2) is 0 Å². The third-order valence-corrected chi connectivity index (χ3v) is 23.9. The van der Waals surface area contributed by atoms with Gasteiger partial charge < -0.3 is 0 Å². The number of carbonyl (C=O) groups excluding carboxylic acids is 2. The number of rotatable bonds is 3. The SMILES string of the molecule is O=C1[O][Bi]([c]2ccccc2)([c]2ccccc2)([c]2ccccc2)[O]C(=O)C(F)(F)C(F)(F)C1(F)F. The van der Waals surface area contributed by atoms with Gasteiger partial charge in [-0.3, -0.25) is 0 Å². The summed E-state index contributed by atoms with van der Waals surface area (Å²) in [6.07, 6.45) is 0. The Morgan fingerprint density at radius 2 is 0.765 bits per heavy atom. The van der Waals surface area contributed by atoms with Crippen molar-refractivity contribution in [2.24, 2.45) is 0 Å². The second kappa shape index (κ2) is 7.80. The summed E-state index contributed by atoms with van der Waals surface area (Å²) in [5, 5.41) is 0. The van der Waals surface area contributed by atoms with Crippen LogP contribution in [0.2, 0.25) is 0 Å². The fourth-order valence-electron chi connectivity index (χ4n) is 3.76. The first-order valence-corrected chi connectivity index (χ1v) is 17.8. The average Bonchev–Trinajstić information content (AvgIpc) is 2.84. The molecule has 4 nitrogen and oxygen atoms in total. The van der Waals surface area contributed by atoms with E-state index in [0.29, 0.717) is 0 Å². The van der Waals surface area contributed by atoms with Crippen LogP contribution in [0.1, 0.15) is 0 Å². The van der Waals surface area contributed by atoms with Crippen LogP contribution in [0.4, 0.5) is 26.3 Å². The van der Waals surface area contributed by atoms with Gasteiger partial charge in [0, 0.05) is 0 Å². The van der Waals surface area contributed by atoms with Crippen LogP contribution < -0.4 is 9.81 Å². The number of hydrogen-bond donors (Lipinski definition) is 0. The molecule has 0 radical (unpaired) electrons. The fraction of sp³-hybridized carbons (Fsp3) is 0.130. The van der Waals surface area contributed by atoms with Gasteiger partial charge in [0.1, 0.15) is 0 Å². The molecule has 0 amide bonds. The molecule has 34 heavy (non-hydrogen) atoms. The zero-order valence-corrected chi connectivity index (χ0v) is 20.5. The maximum absolute atomic E-state index is 14.7. The van der Waals surface area contributed by atoms with Crippen LogP contribution in [0.15, 0.2) is 91.0 Å². The zero-order valence-electron chi connectivity index (χ0n) is 17.0. The molecule has 11 heteroatoms. The first-order valence-electron chi connectivity index (χ1n) is 9.72. The Morgan fingerprint density at radius 1 is 0.500 bits per heavy atom. The molecule has 178 valence electrons. The molecule has 1 aliphatic rings. The van der Waals surface area contributed by atoms with E-state index < -0.39 is 49.4 Å². The second-order valence-corrected chi connectivity index (χ2v) is 22.3. The molecule has 1 aliphatic heterocycles. The molecular weight excluding hydrogens is 663 g/mol. The van der Waals surface area contributed by atoms with Crippen molar-refractivity contribution >= 4 is 41.4 Å². The molecular formula is C23H15BiF6O4. The quantitative estimate of drug-likeness (QED) is 0.316. The average molecular weight is 678 g/mol. The predicted octanol–water partition coefficient (Wildman–Crippen LogP) is 3.11. The van der Waals surface area contributed by atoms with Crippen LogP contribution in [-0.2, 0) is 15.2 Å². The van der Waals surface area contributed by atoms with Gasteiger partial charge in [-0.1, -0.05) is 0 Å². The van der Waals surface area contributed by atoms with E-state index in [0.717, 1.165) is 0 Å². The fourth-order valence-corrected chi connectivity index (χ4v) is 21.5. The van der Waals surface area contributed by atoms with E-state index in [9.17, 15) is 35.9 Å². The molecule has 3 aromatic carbocycles. The van der Waals surface area contributed by atoms with Crippen molar-refractivity contribution in [2.45, 2.75) is 17.8 Å². The molecule has 1 heterocycles. The molecule has 0 bridgehead atoms. The molecule has 0 N–H and O–H groups in total. The third kappa shape index (κ3) is 3.02. The first kappa shape index (κ1) is 24.2. The van der Waals surface area contributed by atoms with Crippen LogP contribution in [0.3, 0.4) is 0 Å². The van der Waals surface area contributed by atoms with Crippen molar-refractivity contribution in [2.75, 3.05) is 0 Å². The van der Waals surface area contributed by atoms with E-state index in [1.807, 2.05) is 0 Å². The van der Waals surface area contributed by atoms with Gasteiger partial charge in [0.2, 0.25) is 0 Å². The van der Waals surface area contributed by atoms with Crippen molar-refractivity contribution in [3.8, 4) is 0 Å². The van der Waals surface area contributed by atoms with Gasteiger partial charge in [0.15, 0.2) is 0 Å². The van der Waals surface area contributed by atoms with Crippen molar-refractivity contribution in [1.82, 2.24) is 0 Å². The van der Waals surface area contributed by atoms with E-state index in [1.165, 1.54) is 91.0 Å². The van der Waals surface area contributed by atoms with Crippen molar-refractivity contribution in [3.05, 3.63) is 91.0 Å². The standard InChI is InChI=1S/3C6H5.C5H2F6O4.Bi/c3*1-2-4-6-5-3-1;6-3(7,1(12)13)5(10,11)4(8,9)2(14)15;/h3*1-5H;(H,12,13)(H,14,15);/q;;;;+2/p-2. The number of hydrogen-bond acceptors (Lipinski definition) is 4. The monoisotopic (exact) mass is 678 g/mol. The molecule has 4 rings (SSSR count). The Balaban J connectivity index is 2.23. The summed E-state index contributed by atoms with van der Waals surface area (Å²) in [5.74, 6) is -24.4. The Bertz CT molecular complexity index is 1100. The van der Waals surface area contributed by atoms with Gasteiger partial charge in [0.05, 0.1) is 0 Å².